The van der Waals surface area contributed by atoms with Crippen LogP contribution < -0.4 is 0 Å². The Morgan fingerprint density at radius 2 is 1.70 bits per heavy atom. The van der Waals surface area contributed by atoms with E-state index in [1.54, 1.807) is 0 Å². The average molecular weight is 424 g/mol. The molecule has 2 aliphatic carbocycles. The normalized spacial score (nSPS) is 60.1. The molecule has 0 amide bonds. The second kappa shape index (κ2) is 4.69. The number of ether oxygens (including phenoxy) is 4. The average Bonchev–Trinajstić information content (AvgIpc) is 3.35. The van der Waals surface area contributed by atoms with E-state index in [1.165, 1.54) is 6.92 Å². The van der Waals surface area contributed by atoms with Crippen molar-refractivity contribution >= 4 is 17.9 Å². The van der Waals surface area contributed by atoms with Crippen LogP contribution in [0, 0.1) is 28.1 Å². The standard InChI is InChI=1S/C20H24O10/c1-6-12(23)28-11-9(21)18-8-5-7(16(2,3)4)17(18)10(22)13(24)29-15(17)30-20(18,14(25)27-8)19(6,11)26/h6-11,15,21-22,26H,5H2,1-4H3/t6-,7+,8-,9+,10+,11+,15+,17+,18+,19-,20+/m1/s1. The Hall–Kier alpha value is -1.75. The first-order chi connectivity index (χ1) is 13.8. The molecule has 11 atom stereocenters. The molecule has 0 bridgehead atoms. The fraction of sp³-hybridized carbons (Fsp3) is 0.850. The zero-order valence-electron chi connectivity index (χ0n) is 16.9. The van der Waals surface area contributed by atoms with Crippen molar-refractivity contribution < 1.29 is 48.7 Å². The fourth-order valence-electron chi connectivity index (χ4n) is 8.12. The van der Waals surface area contributed by atoms with Gasteiger partial charge in [0.05, 0.1) is 16.7 Å². The molecule has 4 saturated heterocycles. The van der Waals surface area contributed by atoms with E-state index in [2.05, 4.69) is 0 Å². The molecule has 0 aromatic carbocycles. The SMILES string of the molecule is C[C@@H]1C(=O)O[C@H]2[C@H](O)[C@@]34[C@H]5C[C@@H](C(C)(C)C)[C@]36[C@@H](OC(=O)[C@@H]6O)O[C@]4(C(=O)O5)[C@@]12O. The lowest BCUT2D eigenvalue weighted by Gasteiger charge is -2.47. The third kappa shape index (κ3) is 1.33. The molecule has 0 radical (unpaired) electrons. The van der Waals surface area contributed by atoms with Crippen molar-refractivity contribution in [3.05, 3.63) is 0 Å². The minimum atomic E-state index is -2.24. The third-order valence-electron chi connectivity index (χ3n) is 9.00. The zero-order valence-corrected chi connectivity index (χ0v) is 16.9. The Bertz CT molecular complexity index is 925. The highest BCUT2D eigenvalue weighted by atomic mass is 16.8. The smallest absolute Gasteiger partial charge is 0.343 e. The summed E-state index contributed by atoms with van der Waals surface area (Å²) < 4.78 is 22.5. The molecule has 2 saturated carbocycles. The second-order valence-corrected chi connectivity index (χ2v) is 10.7. The number of hydrogen-bond donors (Lipinski definition) is 3. The molecule has 0 unspecified atom stereocenters. The van der Waals surface area contributed by atoms with Crippen LogP contribution in [0.5, 0.6) is 0 Å². The summed E-state index contributed by atoms with van der Waals surface area (Å²) in [4.78, 5) is 38.2. The van der Waals surface area contributed by atoms with Crippen LogP contribution in [0.25, 0.3) is 0 Å². The maximum atomic E-state index is 13.4. The van der Waals surface area contributed by atoms with Gasteiger partial charge in [0.2, 0.25) is 11.9 Å². The number of fused-ring (bicyclic) bond motifs is 1. The monoisotopic (exact) mass is 424 g/mol. The van der Waals surface area contributed by atoms with Crippen LogP contribution in [0.1, 0.15) is 34.1 Å². The number of rotatable bonds is 0. The summed E-state index contributed by atoms with van der Waals surface area (Å²) in [6.07, 6.45) is -6.91. The molecule has 6 aliphatic rings. The first kappa shape index (κ1) is 19.0. The molecule has 0 aromatic heterocycles. The summed E-state index contributed by atoms with van der Waals surface area (Å²) in [6, 6.07) is 0. The number of aliphatic hydroxyl groups is 3. The predicted molar refractivity (Wildman–Crippen MR) is 92.0 cm³/mol. The molecule has 164 valence electrons. The Balaban J connectivity index is 1.72. The predicted octanol–water partition coefficient (Wildman–Crippen LogP) is -1.37. The van der Waals surface area contributed by atoms with Crippen LogP contribution in [0.3, 0.4) is 0 Å². The molecule has 6 rings (SSSR count). The number of hydrogen-bond acceptors (Lipinski definition) is 10. The Morgan fingerprint density at radius 3 is 2.33 bits per heavy atom. The van der Waals surface area contributed by atoms with Gasteiger partial charge in [-0.15, -0.1) is 0 Å². The minimum absolute atomic E-state index is 0.229. The Kier molecular flexibility index (Phi) is 2.97. The molecule has 3 N–H and O–H groups in total. The summed E-state index contributed by atoms with van der Waals surface area (Å²) in [5, 5.41) is 34.7. The number of aliphatic hydroxyl groups excluding tert-OH is 2. The van der Waals surface area contributed by atoms with Gasteiger partial charge >= 0.3 is 17.9 Å². The highest BCUT2D eigenvalue weighted by molar-refractivity contribution is 5.94. The van der Waals surface area contributed by atoms with Crippen LogP contribution in [0.4, 0.5) is 0 Å². The van der Waals surface area contributed by atoms with Crippen LogP contribution >= 0.6 is 0 Å². The molecule has 30 heavy (non-hydrogen) atoms. The van der Waals surface area contributed by atoms with E-state index < -0.39 is 87.9 Å². The molecular weight excluding hydrogens is 400 g/mol. The summed E-state index contributed by atoms with van der Waals surface area (Å²) in [6.45, 7) is 7.14. The van der Waals surface area contributed by atoms with E-state index in [9.17, 15) is 29.7 Å². The highest BCUT2D eigenvalue weighted by Gasteiger charge is 3.03. The van der Waals surface area contributed by atoms with Crippen molar-refractivity contribution in [1.82, 2.24) is 0 Å². The van der Waals surface area contributed by atoms with E-state index >= 15 is 0 Å². The van der Waals surface area contributed by atoms with Gasteiger partial charge in [-0.3, -0.25) is 4.79 Å². The van der Waals surface area contributed by atoms with Gasteiger partial charge in [-0.25, -0.2) is 9.59 Å². The van der Waals surface area contributed by atoms with Gasteiger partial charge in [-0.1, -0.05) is 20.8 Å². The van der Waals surface area contributed by atoms with E-state index in [0.717, 1.165) is 0 Å². The Labute approximate surface area is 171 Å². The number of carbonyl (C=O) groups excluding carboxylic acids is 3. The van der Waals surface area contributed by atoms with E-state index in [0.29, 0.717) is 0 Å². The number of esters is 3. The lowest BCUT2D eigenvalue weighted by molar-refractivity contribution is -0.239. The first-order valence-electron chi connectivity index (χ1n) is 10.2. The highest BCUT2D eigenvalue weighted by Crippen LogP contribution is 2.84. The summed E-state index contributed by atoms with van der Waals surface area (Å²) in [5.41, 5.74) is -8.26. The van der Waals surface area contributed by atoms with Gasteiger partial charge in [0.1, 0.15) is 12.2 Å². The van der Waals surface area contributed by atoms with Gasteiger partial charge in [0.15, 0.2) is 17.8 Å². The molecule has 4 heterocycles. The van der Waals surface area contributed by atoms with Crippen molar-refractivity contribution in [2.45, 2.75) is 76.0 Å². The van der Waals surface area contributed by atoms with E-state index in [-0.39, 0.29) is 6.42 Å². The molecule has 10 heteroatoms. The zero-order chi connectivity index (χ0) is 21.8. The van der Waals surface area contributed by atoms with Gasteiger partial charge < -0.3 is 34.3 Å². The molecule has 2 spiro atoms. The first-order valence-corrected chi connectivity index (χ1v) is 10.2. The molecule has 6 fully saturated rings. The van der Waals surface area contributed by atoms with Crippen molar-refractivity contribution in [2.24, 2.45) is 28.1 Å². The van der Waals surface area contributed by atoms with Gasteiger partial charge in [0, 0.05) is 0 Å². The van der Waals surface area contributed by atoms with Gasteiger partial charge in [-0.05, 0) is 24.7 Å². The molecule has 0 aromatic rings. The quantitative estimate of drug-likeness (QED) is 0.314. The molecule has 4 aliphatic heterocycles. The maximum Gasteiger partial charge on any atom is 0.343 e. The minimum Gasteiger partial charge on any atom is -0.459 e. The van der Waals surface area contributed by atoms with Gasteiger partial charge in [0.25, 0.3) is 0 Å². The third-order valence-corrected chi connectivity index (χ3v) is 9.00. The van der Waals surface area contributed by atoms with Gasteiger partial charge in [-0.2, -0.15) is 0 Å². The number of carbonyl (C=O) groups is 3. The Morgan fingerprint density at radius 1 is 1.03 bits per heavy atom. The largest absolute Gasteiger partial charge is 0.459 e. The van der Waals surface area contributed by atoms with Crippen molar-refractivity contribution in [3.8, 4) is 0 Å². The maximum absolute atomic E-state index is 13.4. The summed E-state index contributed by atoms with van der Waals surface area (Å²) in [5.74, 6) is -4.32. The van der Waals surface area contributed by atoms with Crippen LogP contribution in [0.15, 0.2) is 0 Å². The van der Waals surface area contributed by atoms with Crippen LogP contribution in [-0.2, 0) is 33.3 Å². The lowest BCUT2D eigenvalue weighted by Crippen LogP contribution is -2.67. The lowest BCUT2D eigenvalue weighted by atomic mass is 9.51. The summed E-state index contributed by atoms with van der Waals surface area (Å²) in [7, 11) is 0. The van der Waals surface area contributed by atoms with Crippen molar-refractivity contribution in [2.75, 3.05) is 0 Å². The van der Waals surface area contributed by atoms with Crippen LogP contribution in [-0.4, -0.2) is 75.1 Å². The summed E-state index contributed by atoms with van der Waals surface area (Å²) >= 11 is 0. The second-order valence-electron chi connectivity index (χ2n) is 10.7. The van der Waals surface area contributed by atoms with Crippen LogP contribution in [0.2, 0.25) is 0 Å². The van der Waals surface area contributed by atoms with E-state index in [4.69, 9.17) is 18.9 Å². The molecule has 10 nitrogen and oxygen atoms in total. The van der Waals surface area contributed by atoms with Crippen molar-refractivity contribution in [1.29, 1.82) is 0 Å². The molecular formula is C20H24O10. The van der Waals surface area contributed by atoms with E-state index in [1.807, 2.05) is 20.8 Å². The van der Waals surface area contributed by atoms with Crippen molar-refractivity contribution in [3.63, 3.8) is 0 Å². The fourth-order valence-corrected chi connectivity index (χ4v) is 8.12. The topological polar surface area (TPSA) is 149 Å².